The van der Waals surface area contributed by atoms with Crippen molar-refractivity contribution >= 4 is 28.3 Å². The molecule has 2 heterocycles. The van der Waals surface area contributed by atoms with E-state index < -0.39 is 0 Å². The minimum Gasteiger partial charge on any atom is -0.383 e. The van der Waals surface area contributed by atoms with Gasteiger partial charge >= 0.3 is 0 Å². The first-order valence-corrected chi connectivity index (χ1v) is 7.40. The number of carbonyl (C=O) groups is 2. The first-order valence-electron chi connectivity index (χ1n) is 6.52. The molecule has 1 aliphatic rings. The van der Waals surface area contributed by atoms with Crippen molar-refractivity contribution in [2.45, 2.75) is 26.3 Å². The van der Waals surface area contributed by atoms with Crippen molar-refractivity contribution in [2.24, 2.45) is 5.92 Å². The molecule has 7 heteroatoms. The molecule has 1 aliphatic heterocycles. The second kappa shape index (κ2) is 6.32. The van der Waals surface area contributed by atoms with Crippen LogP contribution in [0.15, 0.2) is 5.38 Å². The number of amides is 2. The van der Waals surface area contributed by atoms with Crippen LogP contribution in [0.25, 0.3) is 0 Å². The minimum atomic E-state index is -0.314. The Hall–Kier alpha value is -1.47. The van der Waals surface area contributed by atoms with E-state index in [1.165, 1.54) is 11.3 Å². The molecule has 0 spiro atoms. The topological polar surface area (TPSA) is 71.5 Å². The van der Waals surface area contributed by atoms with Crippen LogP contribution in [0.4, 0.5) is 5.13 Å². The Labute approximate surface area is 122 Å². The van der Waals surface area contributed by atoms with Gasteiger partial charge in [0.15, 0.2) is 5.13 Å². The zero-order valence-electron chi connectivity index (χ0n) is 11.9. The molecule has 0 radical (unpaired) electrons. The van der Waals surface area contributed by atoms with Crippen molar-refractivity contribution in [3.8, 4) is 0 Å². The molecule has 1 aromatic heterocycles. The number of rotatable bonds is 5. The number of ether oxygens (including phenoxy) is 1. The number of aryl methyl sites for hydroxylation is 1. The van der Waals surface area contributed by atoms with Crippen molar-refractivity contribution in [3.05, 3.63) is 11.1 Å². The van der Waals surface area contributed by atoms with Gasteiger partial charge in [-0.1, -0.05) is 0 Å². The van der Waals surface area contributed by atoms with Crippen LogP contribution in [0.5, 0.6) is 0 Å². The van der Waals surface area contributed by atoms with Crippen LogP contribution in [0.3, 0.4) is 0 Å². The molecule has 0 aliphatic carbocycles. The highest BCUT2D eigenvalue weighted by atomic mass is 32.1. The maximum absolute atomic E-state index is 12.1. The van der Waals surface area contributed by atoms with Gasteiger partial charge in [-0.3, -0.25) is 9.59 Å². The monoisotopic (exact) mass is 297 g/mol. The molecule has 110 valence electrons. The average Bonchev–Trinajstić information content (AvgIpc) is 2.96. The summed E-state index contributed by atoms with van der Waals surface area (Å²) in [5, 5.41) is 5.24. The van der Waals surface area contributed by atoms with Crippen LogP contribution in [0.2, 0.25) is 0 Å². The molecule has 1 N–H and O–H groups in total. The Morgan fingerprint density at radius 3 is 3.05 bits per heavy atom. The van der Waals surface area contributed by atoms with Gasteiger partial charge < -0.3 is 15.0 Å². The van der Waals surface area contributed by atoms with E-state index in [0.29, 0.717) is 18.3 Å². The second-order valence-electron chi connectivity index (χ2n) is 5.03. The Bertz CT molecular complexity index is 503. The number of hydrogen-bond donors (Lipinski definition) is 1. The Morgan fingerprint density at radius 2 is 2.45 bits per heavy atom. The van der Waals surface area contributed by atoms with Crippen molar-refractivity contribution in [1.29, 1.82) is 0 Å². The fraction of sp³-hybridized carbons (Fsp3) is 0.615. The molecule has 0 saturated carbocycles. The fourth-order valence-electron chi connectivity index (χ4n) is 2.28. The van der Waals surface area contributed by atoms with Gasteiger partial charge in [0.1, 0.15) is 0 Å². The SMILES string of the molecule is COC[C@@H](C)N1C[C@@H](C(=O)Nc2nc(C)cs2)CC1=O. The Balaban J connectivity index is 1.94. The molecule has 1 saturated heterocycles. The fourth-order valence-corrected chi connectivity index (χ4v) is 2.97. The van der Waals surface area contributed by atoms with Gasteiger partial charge in [-0.2, -0.15) is 0 Å². The van der Waals surface area contributed by atoms with Crippen LogP contribution < -0.4 is 5.32 Å². The van der Waals surface area contributed by atoms with E-state index in [4.69, 9.17) is 4.74 Å². The van der Waals surface area contributed by atoms with Gasteiger partial charge in [-0.25, -0.2) is 4.98 Å². The zero-order chi connectivity index (χ0) is 14.7. The number of carbonyl (C=O) groups excluding carboxylic acids is 2. The maximum atomic E-state index is 12.1. The van der Waals surface area contributed by atoms with Crippen LogP contribution in [0.1, 0.15) is 19.0 Å². The summed E-state index contributed by atoms with van der Waals surface area (Å²) in [7, 11) is 1.60. The third-order valence-electron chi connectivity index (χ3n) is 3.32. The molecular weight excluding hydrogens is 278 g/mol. The molecule has 2 rings (SSSR count). The summed E-state index contributed by atoms with van der Waals surface area (Å²) in [5.74, 6) is -0.448. The summed E-state index contributed by atoms with van der Waals surface area (Å²) < 4.78 is 5.06. The lowest BCUT2D eigenvalue weighted by Gasteiger charge is -2.23. The van der Waals surface area contributed by atoms with E-state index in [2.05, 4.69) is 10.3 Å². The van der Waals surface area contributed by atoms with E-state index in [9.17, 15) is 9.59 Å². The Kier molecular flexibility index (Phi) is 4.72. The van der Waals surface area contributed by atoms with Crippen LogP contribution in [0, 0.1) is 12.8 Å². The molecule has 0 unspecified atom stereocenters. The highest BCUT2D eigenvalue weighted by molar-refractivity contribution is 7.13. The van der Waals surface area contributed by atoms with Crippen LogP contribution in [-0.4, -0.2) is 48.0 Å². The standard InChI is InChI=1S/C13H19N3O3S/c1-8-7-20-13(14-8)15-12(18)10-4-11(17)16(5-10)9(2)6-19-3/h7,9-10H,4-6H2,1-3H3,(H,14,15,18)/t9-,10+/m1/s1. The van der Waals surface area contributed by atoms with Gasteiger partial charge in [0.2, 0.25) is 11.8 Å². The molecule has 0 bridgehead atoms. The van der Waals surface area contributed by atoms with Crippen molar-refractivity contribution in [2.75, 3.05) is 25.6 Å². The van der Waals surface area contributed by atoms with Gasteiger partial charge in [-0.15, -0.1) is 11.3 Å². The molecule has 2 amide bonds. The molecule has 2 atom stereocenters. The number of nitrogens with one attached hydrogen (secondary N) is 1. The number of aromatic nitrogens is 1. The predicted molar refractivity (Wildman–Crippen MR) is 76.6 cm³/mol. The first kappa shape index (κ1) is 14.9. The number of nitrogens with zero attached hydrogens (tertiary/aromatic N) is 2. The maximum Gasteiger partial charge on any atom is 0.231 e. The summed E-state index contributed by atoms with van der Waals surface area (Å²) >= 11 is 1.39. The number of likely N-dealkylation sites (tertiary alicyclic amines) is 1. The summed E-state index contributed by atoms with van der Waals surface area (Å²) in [6, 6.07) is -0.00703. The molecule has 6 nitrogen and oxygen atoms in total. The van der Waals surface area contributed by atoms with E-state index in [1.807, 2.05) is 19.2 Å². The van der Waals surface area contributed by atoms with Crippen LogP contribution >= 0.6 is 11.3 Å². The summed E-state index contributed by atoms with van der Waals surface area (Å²) in [6.45, 7) is 4.72. The van der Waals surface area contributed by atoms with Gasteiger partial charge in [0.25, 0.3) is 0 Å². The lowest BCUT2D eigenvalue weighted by atomic mass is 10.1. The number of methoxy groups -OCH3 is 1. The first-order chi connectivity index (χ1) is 9.51. The van der Waals surface area contributed by atoms with E-state index >= 15 is 0 Å². The highest BCUT2D eigenvalue weighted by Gasteiger charge is 2.36. The van der Waals surface area contributed by atoms with Crippen molar-refractivity contribution in [3.63, 3.8) is 0 Å². The van der Waals surface area contributed by atoms with E-state index in [1.54, 1.807) is 12.0 Å². The van der Waals surface area contributed by atoms with E-state index in [-0.39, 0.29) is 30.2 Å². The highest BCUT2D eigenvalue weighted by Crippen LogP contribution is 2.23. The minimum absolute atomic E-state index is 0.00465. The molecule has 1 fully saturated rings. The third-order valence-corrected chi connectivity index (χ3v) is 4.19. The number of anilines is 1. The van der Waals surface area contributed by atoms with Crippen LogP contribution in [-0.2, 0) is 14.3 Å². The van der Waals surface area contributed by atoms with Crippen molar-refractivity contribution in [1.82, 2.24) is 9.88 Å². The predicted octanol–water partition coefficient (Wildman–Crippen LogP) is 1.27. The lowest BCUT2D eigenvalue weighted by Crippen LogP contribution is -2.38. The van der Waals surface area contributed by atoms with Gasteiger partial charge in [-0.05, 0) is 13.8 Å². The smallest absolute Gasteiger partial charge is 0.231 e. The van der Waals surface area contributed by atoms with Crippen molar-refractivity contribution < 1.29 is 14.3 Å². The van der Waals surface area contributed by atoms with Gasteiger partial charge in [0, 0.05) is 25.5 Å². The quantitative estimate of drug-likeness (QED) is 0.888. The summed E-state index contributed by atoms with van der Waals surface area (Å²) in [5.41, 5.74) is 0.878. The molecule has 1 aromatic rings. The normalized spacial score (nSPS) is 20.2. The number of hydrogen-bond acceptors (Lipinski definition) is 5. The molecular formula is C13H19N3O3S. The van der Waals surface area contributed by atoms with E-state index in [0.717, 1.165) is 5.69 Å². The van der Waals surface area contributed by atoms with Gasteiger partial charge in [0.05, 0.1) is 24.3 Å². The summed E-state index contributed by atoms with van der Waals surface area (Å²) in [6.07, 6.45) is 0.254. The average molecular weight is 297 g/mol. The largest absolute Gasteiger partial charge is 0.383 e. The lowest BCUT2D eigenvalue weighted by molar-refractivity contribution is -0.130. The molecule has 20 heavy (non-hydrogen) atoms. The third kappa shape index (κ3) is 3.34. The second-order valence-corrected chi connectivity index (χ2v) is 5.89. The number of thiazole rings is 1. The zero-order valence-corrected chi connectivity index (χ0v) is 12.7. The Morgan fingerprint density at radius 1 is 1.70 bits per heavy atom. The molecule has 0 aromatic carbocycles. The summed E-state index contributed by atoms with van der Waals surface area (Å²) in [4.78, 5) is 30.0.